The highest BCUT2D eigenvalue weighted by Gasteiger charge is 2.21. The zero-order valence-electron chi connectivity index (χ0n) is 19.1. The van der Waals surface area contributed by atoms with Crippen molar-refractivity contribution < 1.29 is 4.79 Å². The number of amides is 1. The van der Waals surface area contributed by atoms with Crippen LogP contribution in [0, 0.1) is 13.8 Å². The molecular formula is C27H29N3OS. The van der Waals surface area contributed by atoms with E-state index >= 15 is 0 Å². The molecule has 1 aromatic heterocycles. The third-order valence-corrected chi connectivity index (χ3v) is 6.73. The molecule has 0 saturated heterocycles. The smallest absolute Gasteiger partial charge is 0.260 e. The lowest BCUT2D eigenvalue weighted by atomic mass is 10.0. The van der Waals surface area contributed by atoms with Crippen LogP contribution in [0.1, 0.15) is 32.6 Å². The number of carbonyl (C=O) groups is 1. The minimum Gasteiger partial charge on any atom is -0.308 e. The lowest BCUT2D eigenvalue weighted by Gasteiger charge is -2.22. The number of nitrogens with zero attached hydrogens (tertiary/aromatic N) is 3. The molecule has 0 aliphatic heterocycles. The number of aryl methyl sites for hydroxylation is 2. The van der Waals surface area contributed by atoms with E-state index in [-0.39, 0.29) is 5.91 Å². The molecule has 0 atom stereocenters. The predicted octanol–water partition coefficient (Wildman–Crippen LogP) is 5.71. The number of anilines is 1. The van der Waals surface area contributed by atoms with E-state index in [1.165, 1.54) is 22.3 Å². The van der Waals surface area contributed by atoms with Gasteiger partial charge in [-0.15, -0.1) is 0 Å². The van der Waals surface area contributed by atoms with Gasteiger partial charge in [-0.1, -0.05) is 53.8 Å². The summed E-state index contributed by atoms with van der Waals surface area (Å²) in [5, 5.41) is 0.755. The molecule has 5 heteroatoms. The summed E-state index contributed by atoms with van der Waals surface area (Å²) in [7, 11) is 4.04. The lowest BCUT2D eigenvalue weighted by Crippen LogP contribution is -2.36. The molecule has 32 heavy (non-hydrogen) atoms. The molecule has 0 unspecified atom stereocenters. The highest BCUT2D eigenvalue weighted by molar-refractivity contribution is 7.22. The van der Waals surface area contributed by atoms with Gasteiger partial charge in [0.25, 0.3) is 5.91 Å². The molecule has 0 aliphatic rings. The number of benzene rings is 3. The van der Waals surface area contributed by atoms with Crippen molar-refractivity contribution in [3.8, 4) is 0 Å². The first-order valence-electron chi connectivity index (χ1n) is 10.9. The zero-order chi connectivity index (χ0) is 22.7. The first-order valence-corrected chi connectivity index (χ1v) is 11.7. The van der Waals surface area contributed by atoms with Gasteiger partial charge in [-0.25, -0.2) is 4.98 Å². The Morgan fingerprint density at radius 1 is 0.875 bits per heavy atom. The normalized spacial score (nSPS) is 11.3. The Kier molecular flexibility index (Phi) is 6.68. The lowest BCUT2D eigenvalue weighted by molar-refractivity contribution is 0.0985. The molecule has 3 aromatic carbocycles. The third-order valence-electron chi connectivity index (χ3n) is 5.69. The fraction of sp³-hybridized carbons (Fsp3) is 0.259. The summed E-state index contributed by atoms with van der Waals surface area (Å²) in [4.78, 5) is 22.2. The van der Waals surface area contributed by atoms with E-state index < -0.39 is 0 Å². The van der Waals surface area contributed by atoms with Crippen molar-refractivity contribution in [2.75, 3.05) is 32.1 Å². The molecule has 0 radical (unpaired) electrons. The predicted molar refractivity (Wildman–Crippen MR) is 135 cm³/mol. The fourth-order valence-electron chi connectivity index (χ4n) is 3.62. The van der Waals surface area contributed by atoms with E-state index in [1.54, 1.807) is 11.3 Å². The van der Waals surface area contributed by atoms with E-state index in [0.29, 0.717) is 12.1 Å². The van der Waals surface area contributed by atoms with Crippen LogP contribution in [0.25, 0.3) is 10.2 Å². The summed E-state index contributed by atoms with van der Waals surface area (Å²) in [5.74, 6) is -0.00869. The maximum absolute atomic E-state index is 13.5. The van der Waals surface area contributed by atoms with Crippen molar-refractivity contribution in [1.82, 2.24) is 9.88 Å². The van der Waals surface area contributed by atoms with E-state index in [4.69, 9.17) is 4.98 Å². The van der Waals surface area contributed by atoms with E-state index in [1.807, 2.05) is 37.2 Å². The SMILES string of the molecule is Cc1cc2nc(N(CCN(C)C)C(=O)c3ccc(Cc4ccccc4)cc3)sc2cc1C. The number of carbonyl (C=O) groups excluding carboxylic acids is 1. The summed E-state index contributed by atoms with van der Waals surface area (Å²) >= 11 is 1.58. The van der Waals surface area contributed by atoms with Crippen LogP contribution in [0.2, 0.25) is 0 Å². The summed E-state index contributed by atoms with van der Waals surface area (Å²) in [6.07, 6.45) is 0.857. The van der Waals surface area contributed by atoms with Crippen molar-refractivity contribution in [2.24, 2.45) is 0 Å². The summed E-state index contributed by atoms with van der Waals surface area (Å²) in [6, 6.07) is 22.6. The fourth-order valence-corrected chi connectivity index (χ4v) is 4.69. The van der Waals surface area contributed by atoms with Gasteiger partial charge in [-0.3, -0.25) is 9.69 Å². The van der Waals surface area contributed by atoms with E-state index in [2.05, 4.69) is 67.3 Å². The molecule has 4 rings (SSSR count). The molecule has 4 nitrogen and oxygen atoms in total. The molecule has 1 heterocycles. The van der Waals surface area contributed by atoms with Crippen molar-refractivity contribution >= 4 is 32.6 Å². The Morgan fingerprint density at radius 3 is 2.22 bits per heavy atom. The second-order valence-corrected chi connectivity index (χ2v) is 9.53. The van der Waals surface area contributed by atoms with Crippen LogP contribution in [-0.2, 0) is 6.42 Å². The molecule has 1 amide bonds. The quantitative estimate of drug-likeness (QED) is 0.367. The highest BCUT2D eigenvalue weighted by Crippen LogP contribution is 2.31. The topological polar surface area (TPSA) is 36.4 Å². The van der Waals surface area contributed by atoms with Crippen molar-refractivity contribution in [2.45, 2.75) is 20.3 Å². The molecule has 0 N–H and O–H groups in total. The first-order chi connectivity index (χ1) is 15.4. The van der Waals surface area contributed by atoms with Crippen LogP contribution >= 0.6 is 11.3 Å². The van der Waals surface area contributed by atoms with Crippen LogP contribution in [-0.4, -0.2) is 43.0 Å². The Bertz CT molecular complexity index is 1170. The maximum Gasteiger partial charge on any atom is 0.260 e. The summed E-state index contributed by atoms with van der Waals surface area (Å²) in [6.45, 7) is 5.57. The molecular weight excluding hydrogens is 414 g/mol. The molecule has 164 valence electrons. The van der Waals surface area contributed by atoms with Gasteiger partial charge in [-0.05, 0) is 80.9 Å². The number of hydrogen-bond donors (Lipinski definition) is 0. The number of likely N-dealkylation sites (N-methyl/N-ethyl adjacent to an activating group) is 1. The molecule has 0 saturated carbocycles. The Hall–Kier alpha value is -3.02. The third kappa shape index (κ3) is 5.06. The van der Waals surface area contributed by atoms with Crippen LogP contribution in [0.3, 0.4) is 0 Å². The molecule has 0 aliphatic carbocycles. The van der Waals surface area contributed by atoms with Crippen LogP contribution in [0.5, 0.6) is 0 Å². The minimum absolute atomic E-state index is 0.00869. The maximum atomic E-state index is 13.5. The van der Waals surface area contributed by atoms with Gasteiger partial charge in [0.15, 0.2) is 5.13 Å². The van der Waals surface area contributed by atoms with Crippen molar-refractivity contribution in [3.63, 3.8) is 0 Å². The van der Waals surface area contributed by atoms with Gasteiger partial charge < -0.3 is 4.90 Å². The monoisotopic (exact) mass is 443 g/mol. The first kappa shape index (κ1) is 22.2. The van der Waals surface area contributed by atoms with Gasteiger partial charge >= 0.3 is 0 Å². The zero-order valence-corrected chi connectivity index (χ0v) is 19.9. The second kappa shape index (κ2) is 9.63. The number of rotatable bonds is 7. The van der Waals surface area contributed by atoms with Crippen LogP contribution < -0.4 is 4.90 Å². The standard InChI is InChI=1S/C27H29N3OS/c1-19-16-24-25(17-20(19)2)32-27(28-24)30(15-14-29(3)4)26(31)23-12-10-22(11-13-23)18-21-8-6-5-7-9-21/h5-13,16-17H,14-15,18H2,1-4H3. The van der Waals surface area contributed by atoms with Crippen LogP contribution in [0.15, 0.2) is 66.7 Å². The number of fused-ring (bicyclic) bond motifs is 1. The van der Waals surface area contributed by atoms with Crippen molar-refractivity contribution in [3.05, 3.63) is 94.5 Å². The second-order valence-electron chi connectivity index (χ2n) is 8.52. The Labute approximate surface area is 194 Å². The largest absolute Gasteiger partial charge is 0.308 e. The molecule has 0 fully saturated rings. The van der Waals surface area contributed by atoms with E-state index in [0.717, 1.165) is 28.3 Å². The van der Waals surface area contributed by atoms with Gasteiger partial charge in [0.2, 0.25) is 0 Å². The van der Waals surface area contributed by atoms with Gasteiger partial charge in [0, 0.05) is 18.7 Å². The highest BCUT2D eigenvalue weighted by atomic mass is 32.1. The van der Waals surface area contributed by atoms with Crippen LogP contribution in [0.4, 0.5) is 5.13 Å². The molecule has 0 spiro atoms. The minimum atomic E-state index is -0.00869. The van der Waals surface area contributed by atoms with Crippen molar-refractivity contribution in [1.29, 1.82) is 0 Å². The molecule has 0 bridgehead atoms. The van der Waals surface area contributed by atoms with Gasteiger partial charge in [0.05, 0.1) is 10.2 Å². The number of thiazole rings is 1. The van der Waals surface area contributed by atoms with Gasteiger partial charge in [0.1, 0.15) is 0 Å². The van der Waals surface area contributed by atoms with Gasteiger partial charge in [-0.2, -0.15) is 0 Å². The molecule has 4 aromatic rings. The number of aromatic nitrogens is 1. The summed E-state index contributed by atoms with van der Waals surface area (Å²) in [5.41, 5.74) is 6.56. The van der Waals surface area contributed by atoms with E-state index in [9.17, 15) is 4.79 Å². The summed E-state index contributed by atoms with van der Waals surface area (Å²) < 4.78 is 1.11. The Balaban J connectivity index is 1.60. The average molecular weight is 444 g/mol. The number of hydrogen-bond acceptors (Lipinski definition) is 4. The average Bonchev–Trinajstić information content (AvgIpc) is 3.17. The Morgan fingerprint density at radius 2 is 1.53 bits per heavy atom.